The maximum atomic E-state index is 12.0. The molecule has 0 aliphatic carbocycles. The molecule has 1 N–H and O–H groups in total. The van der Waals surface area contributed by atoms with Gasteiger partial charge in [-0.15, -0.1) is 0 Å². The summed E-state index contributed by atoms with van der Waals surface area (Å²) in [6, 6.07) is 10.9. The van der Waals surface area contributed by atoms with Crippen LogP contribution in [0.4, 0.5) is 5.69 Å². The van der Waals surface area contributed by atoms with E-state index in [-0.39, 0.29) is 5.91 Å². The zero-order chi connectivity index (χ0) is 15.5. The molecule has 3 rings (SSSR count). The molecule has 0 saturated carbocycles. The number of amides is 1. The highest BCUT2D eigenvalue weighted by molar-refractivity contribution is 9.10. The molecule has 1 aromatic heterocycles. The number of benzene rings is 1. The van der Waals surface area contributed by atoms with Gasteiger partial charge in [0.25, 0.3) is 5.91 Å². The van der Waals surface area contributed by atoms with Crippen molar-refractivity contribution in [3.8, 4) is 5.75 Å². The first-order chi connectivity index (χ1) is 10.7. The number of hydrogen-bond acceptors (Lipinski definition) is 5. The summed E-state index contributed by atoms with van der Waals surface area (Å²) < 4.78 is 11.2. The predicted molar refractivity (Wildman–Crippen MR) is 90.2 cm³/mol. The highest BCUT2D eigenvalue weighted by Gasteiger charge is 2.24. The Hall–Kier alpha value is -1.99. The number of para-hydroxylation sites is 2. The summed E-state index contributed by atoms with van der Waals surface area (Å²) in [7, 11) is 1.58. The van der Waals surface area contributed by atoms with Crippen molar-refractivity contribution in [1.82, 2.24) is 5.32 Å². The van der Waals surface area contributed by atoms with Gasteiger partial charge in [0.05, 0.1) is 12.0 Å². The van der Waals surface area contributed by atoms with Crippen molar-refractivity contribution in [1.29, 1.82) is 0 Å². The standard InChI is InChI=1S/C15H11BrN2O3S/c1-20-11-5-3-2-4-10(11)17-15-18-14(19)12(22-15)8-9-6-7-13(16)21-9/h2-8H,1H3,(H,17,18,19)/b12-8+. The number of amidine groups is 1. The third-order valence-corrected chi connectivity index (χ3v) is 4.16. The van der Waals surface area contributed by atoms with Crippen LogP contribution in [0.25, 0.3) is 6.08 Å². The summed E-state index contributed by atoms with van der Waals surface area (Å²) in [5.74, 6) is 1.05. The fraction of sp³-hybridized carbons (Fsp3) is 0.0667. The van der Waals surface area contributed by atoms with Gasteiger partial charge in [0, 0.05) is 6.08 Å². The number of aliphatic imine (C=N–C) groups is 1. The normalized spacial score (nSPS) is 18.0. The van der Waals surface area contributed by atoms with Crippen LogP contribution in [0.3, 0.4) is 0 Å². The summed E-state index contributed by atoms with van der Waals surface area (Å²) in [6.07, 6.45) is 1.68. The number of carbonyl (C=O) groups is 1. The first-order valence-corrected chi connectivity index (χ1v) is 7.94. The number of nitrogens with zero attached hydrogens (tertiary/aromatic N) is 1. The maximum absolute atomic E-state index is 12.0. The molecule has 22 heavy (non-hydrogen) atoms. The molecule has 1 aliphatic rings. The molecule has 5 nitrogen and oxygen atoms in total. The van der Waals surface area contributed by atoms with E-state index in [1.807, 2.05) is 24.3 Å². The second-order valence-electron chi connectivity index (χ2n) is 4.30. The number of ether oxygens (including phenoxy) is 1. The van der Waals surface area contributed by atoms with Crippen molar-refractivity contribution in [3.63, 3.8) is 0 Å². The van der Waals surface area contributed by atoms with Crippen molar-refractivity contribution in [2.24, 2.45) is 4.99 Å². The molecule has 0 radical (unpaired) electrons. The Morgan fingerprint density at radius 2 is 2.14 bits per heavy atom. The molecule has 0 atom stereocenters. The van der Waals surface area contributed by atoms with Gasteiger partial charge in [-0.25, -0.2) is 4.99 Å². The minimum atomic E-state index is -0.203. The third kappa shape index (κ3) is 3.26. The van der Waals surface area contributed by atoms with Crippen molar-refractivity contribution in [2.45, 2.75) is 0 Å². The van der Waals surface area contributed by atoms with Gasteiger partial charge in [-0.3, -0.25) is 4.79 Å². The monoisotopic (exact) mass is 378 g/mol. The average Bonchev–Trinajstić information content (AvgIpc) is 3.06. The van der Waals surface area contributed by atoms with E-state index >= 15 is 0 Å². The smallest absolute Gasteiger partial charge is 0.264 e. The molecule has 2 aromatic rings. The summed E-state index contributed by atoms with van der Waals surface area (Å²) in [5.41, 5.74) is 0.662. The fourth-order valence-corrected chi connectivity index (χ4v) is 2.98. The molecular weight excluding hydrogens is 368 g/mol. The van der Waals surface area contributed by atoms with Crippen molar-refractivity contribution in [3.05, 3.63) is 51.7 Å². The van der Waals surface area contributed by atoms with Crippen LogP contribution in [0.5, 0.6) is 5.75 Å². The summed E-state index contributed by atoms with van der Waals surface area (Å²) >= 11 is 4.48. The van der Waals surface area contributed by atoms with Crippen LogP contribution < -0.4 is 10.1 Å². The van der Waals surface area contributed by atoms with Crippen molar-refractivity contribution >= 4 is 50.5 Å². The molecule has 0 spiro atoms. The predicted octanol–water partition coefficient (Wildman–Crippen LogP) is 3.94. The Bertz CT molecular complexity index is 783. The lowest BCUT2D eigenvalue weighted by molar-refractivity contribution is -0.115. The van der Waals surface area contributed by atoms with Crippen LogP contribution in [-0.2, 0) is 4.79 Å². The molecule has 2 heterocycles. The molecule has 0 bridgehead atoms. The zero-order valence-electron chi connectivity index (χ0n) is 11.5. The quantitative estimate of drug-likeness (QED) is 0.821. The van der Waals surface area contributed by atoms with Gasteiger partial charge in [0.1, 0.15) is 17.2 Å². The molecule has 1 amide bonds. The number of carbonyl (C=O) groups excluding carboxylic acids is 1. The minimum absolute atomic E-state index is 0.203. The number of halogens is 1. The Kier molecular flexibility index (Phi) is 4.35. The van der Waals surface area contributed by atoms with Gasteiger partial charge in [0.2, 0.25) is 0 Å². The molecule has 1 fully saturated rings. The fourth-order valence-electron chi connectivity index (χ4n) is 1.85. The van der Waals surface area contributed by atoms with Crippen LogP contribution in [0.1, 0.15) is 5.76 Å². The van der Waals surface area contributed by atoms with Crippen molar-refractivity contribution in [2.75, 3.05) is 7.11 Å². The average molecular weight is 379 g/mol. The van der Waals surface area contributed by atoms with E-state index in [4.69, 9.17) is 9.15 Å². The SMILES string of the molecule is COc1ccccc1N=C1NC(=O)/C(=C\c2ccc(Br)o2)S1. The Morgan fingerprint density at radius 1 is 1.32 bits per heavy atom. The highest BCUT2D eigenvalue weighted by atomic mass is 79.9. The van der Waals surface area contributed by atoms with E-state index in [0.717, 1.165) is 0 Å². The van der Waals surface area contributed by atoms with Crippen LogP contribution in [0.15, 0.2) is 55.4 Å². The second-order valence-corrected chi connectivity index (χ2v) is 6.11. The molecule has 1 aliphatic heterocycles. The molecule has 7 heteroatoms. The van der Waals surface area contributed by atoms with Gasteiger partial charge in [-0.05, 0) is 52.0 Å². The number of hydrogen-bond donors (Lipinski definition) is 1. The van der Waals surface area contributed by atoms with Crippen molar-refractivity contribution < 1.29 is 13.9 Å². The van der Waals surface area contributed by atoms with Gasteiger partial charge < -0.3 is 14.5 Å². The second kappa shape index (κ2) is 6.41. The van der Waals surface area contributed by atoms with Crippen LogP contribution in [-0.4, -0.2) is 18.2 Å². The third-order valence-electron chi connectivity index (χ3n) is 2.83. The lowest BCUT2D eigenvalue weighted by Crippen LogP contribution is -2.19. The van der Waals surface area contributed by atoms with E-state index in [1.54, 1.807) is 25.3 Å². The van der Waals surface area contributed by atoms with E-state index in [0.29, 0.717) is 31.9 Å². The van der Waals surface area contributed by atoms with E-state index in [2.05, 4.69) is 26.2 Å². The lowest BCUT2D eigenvalue weighted by Gasteiger charge is -2.03. The lowest BCUT2D eigenvalue weighted by atomic mass is 10.3. The Labute approximate surface area is 139 Å². The number of methoxy groups -OCH3 is 1. The van der Waals surface area contributed by atoms with Gasteiger partial charge in [0.15, 0.2) is 9.84 Å². The van der Waals surface area contributed by atoms with Crippen LogP contribution in [0, 0.1) is 0 Å². The molecule has 1 aromatic carbocycles. The van der Waals surface area contributed by atoms with Gasteiger partial charge >= 0.3 is 0 Å². The first kappa shape index (κ1) is 14.9. The van der Waals surface area contributed by atoms with Gasteiger partial charge in [-0.2, -0.15) is 0 Å². The van der Waals surface area contributed by atoms with Crippen LogP contribution >= 0.6 is 27.7 Å². The number of furan rings is 1. The highest BCUT2D eigenvalue weighted by Crippen LogP contribution is 2.32. The largest absolute Gasteiger partial charge is 0.494 e. The molecular formula is C15H11BrN2O3S. The van der Waals surface area contributed by atoms with E-state index in [9.17, 15) is 4.79 Å². The molecule has 1 saturated heterocycles. The van der Waals surface area contributed by atoms with Gasteiger partial charge in [-0.1, -0.05) is 12.1 Å². The Morgan fingerprint density at radius 3 is 2.86 bits per heavy atom. The maximum Gasteiger partial charge on any atom is 0.264 e. The summed E-state index contributed by atoms with van der Waals surface area (Å²) in [6.45, 7) is 0. The minimum Gasteiger partial charge on any atom is -0.494 e. The number of thioether (sulfide) groups is 1. The molecule has 0 unspecified atom stereocenters. The first-order valence-electron chi connectivity index (χ1n) is 6.33. The zero-order valence-corrected chi connectivity index (χ0v) is 13.9. The van der Waals surface area contributed by atoms with E-state index < -0.39 is 0 Å². The summed E-state index contributed by atoms with van der Waals surface area (Å²) in [4.78, 5) is 16.9. The summed E-state index contributed by atoms with van der Waals surface area (Å²) in [5, 5.41) is 3.23. The Balaban J connectivity index is 1.85. The van der Waals surface area contributed by atoms with E-state index in [1.165, 1.54) is 11.8 Å². The topological polar surface area (TPSA) is 63.8 Å². The molecule has 112 valence electrons. The van der Waals surface area contributed by atoms with Crippen LogP contribution in [0.2, 0.25) is 0 Å². The number of rotatable bonds is 3. The number of nitrogens with one attached hydrogen (secondary N) is 1.